The Bertz CT molecular complexity index is 1780. The first-order chi connectivity index (χ1) is 24.3. The van der Waals surface area contributed by atoms with Crippen molar-refractivity contribution in [2.24, 2.45) is 5.92 Å². The fraction of sp³-hybridized carbons (Fsp3) is 0.462. The molecule has 1 N–H and O–H groups in total. The molecule has 3 aromatic carbocycles. The monoisotopic (exact) mass is 703 g/mol. The Kier molecular flexibility index (Phi) is 9.38. The van der Waals surface area contributed by atoms with Crippen molar-refractivity contribution in [3.63, 3.8) is 0 Å². The predicted molar refractivity (Wildman–Crippen MR) is 186 cm³/mol. The Balaban J connectivity index is 1.17. The highest BCUT2D eigenvalue weighted by molar-refractivity contribution is 6.01. The lowest BCUT2D eigenvalue weighted by atomic mass is 9.78. The zero-order chi connectivity index (χ0) is 35.9. The van der Waals surface area contributed by atoms with Crippen LogP contribution in [0.25, 0.3) is 11.1 Å². The van der Waals surface area contributed by atoms with E-state index in [1.165, 1.54) is 12.1 Å². The minimum atomic E-state index is -3.99. The molecule has 3 amide bonds. The van der Waals surface area contributed by atoms with Crippen molar-refractivity contribution in [2.45, 2.75) is 89.3 Å². The Hall–Kier alpha value is -4.71. The number of fused-ring (bicyclic) bond motifs is 1. The van der Waals surface area contributed by atoms with Crippen molar-refractivity contribution >= 4 is 29.3 Å². The maximum atomic E-state index is 14.8. The largest absolute Gasteiger partial charge is 0.482 e. The Morgan fingerprint density at radius 3 is 2.45 bits per heavy atom. The molecule has 1 aliphatic carbocycles. The second kappa shape index (κ2) is 13.8. The molecule has 0 radical (unpaired) electrons. The molecular formula is C39H43F2N3O7. The number of nitrogens with zero attached hydrogens (tertiary/aromatic N) is 2. The summed E-state index contributed by atoms with van der Waals surface area (Å²) in [6.07, 6.45) is 0.333. The van der Waals surface area contributed by atoms with Crippen molar-refractivity contribution < 1.29 is 42.1 Å². The number of carbonyl (C=O) groups is 3. The highest BCUT2D eigenvalue weighted by atomic mass is 19.3. The number of alkyl halides is 2. The second-order valence-corrected chi connectivity index (χ2v) is 14.7. The van der Waals surface area contributed by atoms with Crippen LogP contribution >= 0.6 is 0 Å². The number of ether oxygens (including phenoxy) is 4. The number of likely N-dealkylation sites (tertiary alicyclic amines) is 1. The summed E-state index contributed by atoms with van der Waals surface area (Å²) < 4.78 is 50.0. The third-order valence-electron chi connectivity index (χ3n) is 9.63. The normalized spacial score (nSPS) is 23.0. The summed E-state index contributed by atoms with van der Waals surface area (Å²) in [6, 6.07) is 20.3. The highest BCUT2D eigenvalue weighted by Gasteiger charge is 2.47. The quantitative estimate of drug-likeness (QED) is 0.269. The van der Waals surface area contributed by atoms with E-state index in [1.54, 1.807) is 36.6 Å². The number of hydrogen-bond acceptors (Lipinski definition) is 7. The van der Waals surface area contributed by atoms with E-state index in [0.29, 0.717) is 25.3 Å². The van der Waals surface area contributed by atoms with Gasteiger partial charge in [-0.3, -0.25) is 9.59 Å². The molecule has 3 atom stereocenters. The number of anilines is 2. The fourth-order valence-electron chi connectivity index (χ4n) is 6.99. The van der Waals surface area contributed by atoms with Gasteiger partial charge in [0.1, 0.15) is 11.4 Å². The lowest BCUT2D eigenvalue weighted by molar-refractivity contribution is -0.189. The van der Waals surface area contributed by atoms with Crippen molar-refractivity contribution in [2.75, 3.05) is 29.9 Å². The van der Waals surface area contributed by atoms with E-state index in [-0.39, 0.29) is 42.1 Å². The number of nitrogens with one attached hydrogen (secondary N) is 1. The first-order valence-electron chi connectivity index (χ1n) is 17.7. The van der Waals surface area contributed by atoms with Gasteiger partial charge >= 0.3 is 18.1 Å². The fourth-order valence-corrected chi connectivity index (χ4v) is 6.99. The van der Waals surface area contributed by atoms with Gasteiger partial charge in [-0.2, -0.15) is 8.78 Å². The minimum Gasteiger partial charge on any atom is -0.465 e. The van der Waals surface area contributed by atoms with Crippen molar-refractivity contribution in [3.8, 4) is 22.6 Å². The van der Waals surface area contributed by atoms with Gasteiger partial charge in [0.05, 0.1) is 18.2 Å². The smallest absolute Gasteiger partial charge is 0.465 e. The Morgan fingerprint density at radius 2 is 1.75 bits per heavy atom. The number of hydrogen-bond donors (Lipinski definition) is 1. The molecule has 10 nitrogen and oxygen atoms in total. The van der Waals surface area contributed by atoms with Gasteiger partial charge in [-0.05, 0) is 106 Å². The van der Waals surface area contributed by atoms with Gasteiger partial charge in [0.2, 0.25) is 5.91 Å². The van der Waals surface area contributed by atoms with Crippen LogP contribution in [0.1, 0.15) is 70.8 Å². The molecular weight excluding hydrogens is 660 g/mol. The number of piperidine rings is 1. The van der Waals surface area contributed by atoms with Gasteiger partial charge in [0, 0.05) is 31.2 Å². The molecule has 3 heterocycles. The van der Waals surface area contributed by atoms with Crippen LogP contribution in [0.2, 0.25) is 0 Å². The topological polar surface area (TPSA) is 107 Å². The van der Waals surface area contributed by atoms with Gasteiger partial charge in [-0.25, -0.2) is 4.79 Å². The molecule has 3 aromatic rings. The van der Waals surface area contributed by atoms with Crippen molar-refractivity contribution in [3.05, 3.63) is 72.3 Å². The summed E-state index contributed by atoms with van der Waals surface area (Å²) in [5.74, 6) is -2.08. The molecule has 4 aliphatic rings. The lowest BCUT2D eigenvalue weighted by Gasteiger charge is -2.40. The molecule has 0 bridgehead atoms. The van der Waals surface area contributed by atoms with E-state index >= 15 is 0 Å². The van der Waals surface area contributed by atoms with Crippen LogP contribution in [0.3, 0.4) is 0 Å². The third kappa shape index (κ3) is 7.80. The Labute approximate surface area is 296 Å². The summed E-state index contributed by atoms with van der Waals surface area (Å²) in [7, 11) is 0. The average Bonchev–Trinajstić information content (AvgIpc) is 3.94. The molecule has 0 aromatic heterocycles. The molecule has 2 saturated heterocycles. The number of carbonyl (C=O) groups excluding carboxylic acids is 3. The van der Waals surface area contributed by atoms with Gasteiger partial charge < -0.3 is 34.1 Å². The molecule has 3 fully saturated rings. The highest BCUT2D eigenvalue weighted by Crippen LogP contribution is 2.43. The van der Waals surface area contributed by atoms with Crippen LogP contribution in [-0.4, -0.2) is 66.5 Å². The SMILES string of the molecule is CC(C)(C)OC(=O)N1CC[C@H](c2cccc(-c3ccc(OC4CCCCO4)cc3)c2)[C@@H](C(=O)N(c2ccc3c(c2)NC(=O)C(F)(F)O3)C2CC2)C1. The van der Waals surface area contributed by atoms with E-state index in [2.05, 4.69) is 16.1 Å². The summed E-state index contributed by atoms with van der Waals surface area (Å²) in [5.41, 5.74) is 2.75. The zero-order valence-corrected chi connectivity index (χ0v) is 29.0. The molecule has 0 spiro atoms. The second-order valence-electron chi connectivity index (χ2n) is 14.7. The number of halogens is 2. The minimum absolute atomic E-state index is 0.0628. The third-order valence-corrected chi connectivity index (χ3v) is 9.63. The standard InChI is InChI=1S/C39H43F2N3O7/c1-38(2,3)51-37(47)43-19-18-30(26-8-6-7-25(21-26)24-10-15-29(16-11-24)49-34-9-4-5-20-48-34)31(23-43)35(45)44(27-12-13-27)28-14-17-33-32(22-28)42-36(46)39(40,41)50-33/h6-8,10-11,14-17,21-22,27,30-31,34H,4-5,9,12-13,18-20,23H2,1-3H3,(H,42,46)/t30-,31+,34?/m1/s1. The van der Waals surface area contributed by atoms with E-state index in [9.17, 15) is 23.2 Å². The molecule has 12 heteroatoms. The maximum Gasteiger partial charge on any atom is 0.482 e. The van der Waals surface area contributed by atoms with Crippen LogP contribution in [0.5, 0.6) is 11.5 Å². The maximum absolute atomic E-state index is 14.8. The first-order valence-corrected chi connectivity index (χ1v) is 17.7. The summed E-state index contributed by atoms with van der Waals surface area (Å²) >= 11 is 0. The molecule has 51 heavy (non-hydrogen) atoms. The van der Waals surface area contributed by atoms with Crippen LogP contribution in [-0.2, 0) is 19.1 Å². The van der Waals surface area contributed by atoms with E-state index in [1.807, 2.05) is 42.5 Å². The van der Waals surface area contributed by atoms with Gasteiger partial charge in [0.25, 0.3) is 0 Å². The van der Waals surface area contributed by atoms with Crippen LogP contribution < -0.4 is 19.7 Å². The Morgan fingerprint density at radius 1 is 0.961 bits per heavy atom. The summed E-state index contributed by atoms with van der Waals surface area (Å²) in [5, 5.41) is 2.21. The van der Waals surface area contributed by atoms with Crippen molar-refractivity contribution in [1.29, 1.82) is 0 Å². The molecule has 3 aliphatic heterocycles. The van der Waals surface area contributed by atoms with Crippen LogP contribution in [0.15, 0.2) is 66.7 Å². The van der Waals surface area contributed by atoms with Crippen LogP contribution in [0, 0.1) is 5.92 Å². The first kappa shape index (κ1) is 34.7. The number of benzene rings is 3. The average molecular weight is 704 g/mol. The summed E-state index contributed by atoms with van der Waals surface area (Å²) in [6.45, 7) is 6.66. The molecule has 1 unspecified atom stereocenters. The van der Waals surface area contributed by atoms with E-state index in [0.717, 1.165) is 54.5 Å². The molecule has 270 valence electrons. The molecule has 1 saturated carbocycles. The zero-order valence-electron chi connectivity index (χ0n) is 29.0. The molecule has 7 rings (SSSR count). The lowest BCUT2D eigenvalue weighted by Crippen LogP contribution is -2.51. The predicted octanol–water partition coefficient (Wildman–Crippen LogP) is 7.72. The van der Waals surface area contributed by atoms with Crippen molar-refractivity contribution in [1.82, 2.24) is 4.90 Å². The van der Waals surface area contributed by atoms with E-state index < -0.39 is 29.6 Å². The van der Waals surface area contributed by atoms with Gasteiger partial charge in [0.15, 0.2) is 12.0 Å². The van der Waals surface area contributed by atoms with Gasteiger partial charge in [-0.15, -0.1) is 0 Å². The summed E-state index contributed by atoms with van der Waals surface area (Å²) in [4.78, 5) is 43.4. The van der Waals surface area contributed by atoms with Gasteiger partial charge in [-0.1, -0.05) is 36.4 Å². The van der Waals surface area contributed by atoms with E-state index in [4.69, 9.17) is 14.2 Å². The number of amides is 3. The van der Waals surface area contributed by atoms with Crippen LogP contribution in [0.4, 0.5) is 25.0 Å². The number of rotatable bonds is 7.